The molecule has 1 fully saturated rings. The maximum absolute atomic E-state index is 14.0. The zero-order valence-electron chi connectivity index (χ0n) is 16.1. The molecule has 0 aromatic heterocycles. The van der Waals surface area contributed by atoms with Crippen LogP contribution in [0.2, 0.25) is 0 Å². The molecule has 7 heteroatoms. The number of carbonyl (C=O) groups excluding carboxylic acids is 3. The van der Waals surface area contributed by atoms with Gasteiger partial charge in [-0.1, -0.05) is 30.3 Å². The summed E-state index contributed by atoms with van der Waals surface area (Å²) in [5.74, 6) is -1.57. The molecular formula is C22H22FN3O3. The quantitative estimate of drug-likeness (QED) is 0.865. The number of carbonyl (C=O) groups is 3. The molecule has 2 atom stereocenters. The molecule has 29 heavy (non-hydrogen) atoms. The molecule has 2 aliphatic rings. The summed E-state index contributed by atoms with van der Waals surface area (Å²) in [6.07, 6.45) is 1.27. The largest absolute Gasteiger partial charge is 0.348 e. The van der Waals surface area contributed by atoms with Gasteiger partial charge in [-0.25, -0.2) is 4.39 Å². The Labute approximate surface area is 168 Å². The molecule has 2 aromatic carbocycles. The molecule has 0 bridgehead atoms. The number of fused-ring (bicyclic) bond motifs is 2. The smallest absolute Gasteiger partial charge is 0.256 e. The minimum Gasteiger partial charge on any atom is -0.348 e. The Morgan fingerprint density at radius 2 is 1.97 bits per heavy atom. The lowest BCUT2D eigenvalue weighted by molar-refractivity contribution is -0.126. The summed E-state index contributed by atoms with van der Waals surface area (Å²) in [4.78, 5) is 41.6. The van der Waals surface area contributed by atoms with Crippen molar-refractivity contribution in [1.82, 2.24) is 10.2 Å². The molecule has 1 N–H and O–H groups in total. The first-order chi connectivity index (χ1) is 14.0. The SMILES string of the molecule is CC(NC(=O)CN1C(=O)C2CCCN2C(=O)c2ccc(F)cc21)c1ccccc1. The number of benzene rings is 2. The van der Waals surface area contributed by atoms with E-state index in [2.05, 4.69) is 5.32 Å². The molecule has 2 unspecified atom stereocenters. The first-order valence-electron chi connectivity index (χ1n) is 9.72. The molecule has 3 amide bonds. The Balaban J connectivity index is 1.62. The van der Waals surface area contributed by atoms with Crippen LogP contribution in [-0.2, 0) is 9.59 Å². The van der Waals surface area contributed by atoms with E-state index >= 15 is 0 Å². The topological polar surface area (TPSA) is 69.7 Å². The summed E-state index contributed by atoms with van der Waals surface area (Å²) in [5.41, 5.74) is 1.33. The number of anilines is 1. The van der Waals surface area contributed by atoms with E-state index in [0.29, 0.717) is 13.0 Å². The highest BCUT2D eigenvalue weighted by Crippen LogP contribution is 2.32. The number of nitrogens with zero attached hydrogens (tertiary/aromatic N) is 2. The van der Waals surface area contributed by atoms with Gasteiger partial charge in [0.2, 0.25) is 11.8 Å². The summed E-state index contributed by atoms with van der Waals surface area (Å²) in [6, 6.07) is 12.4. The van der Waals surface area contributed by atoms with Gasteiger partial charge in [0.25, 0.3) is 5.91 Å². The van der Waals surface area contributed by atoms with Crippen LogP contribution in [0, 0.1) is 5.82 Å². The summed E-state index contributed by atoms with van der Waals surface area (Å²) in [7, 11) is 0. The monoisotopic (exact) mass is 395 g/mol. The maximum atomic E-state index is 14.0. The molecule has 0 spiro atoms. The lowest BCUT2D eigenvalue weighted by Gasteiger charge is -2.26. The van der Waals surface area contributed by atoms with Crippen LogP contribution in [0.1, 0.15) is 41.7 Å². The fraction of sp³-hybridized carbons (Fsp3) is 0.318. The lowest BCUT2D eigenvalue weighted by atomic mass is 10.1. The number of rotatable bonds is 4. The molecule has 6 nitrogen and oxygen atoms in total. The maximum Gasteiger partial charge on any atom is 0.256 e. The van der Waals surface area contributed by atoms with E-state index in [1.165, 1.54) is 21.9 Å². The van der Waals surface area contributed by atoms with Gasteiger partial charge in [0.1, 0.15) is 18.4 Å². The fourth-order valence-corrected chi connectivity index (χ4v) is 4.05. The van der Waals surface area contributed by atoms with Crippen molar-refractivity contribution in [3.63, 3.8) is 0 Å². The van der Waals surface area contributed by atoms with Crippen LogP contribution >= 0.6 is 0 Å². The molecular weight excluding hydrogens is 373 g/mol. The van der Waals surface area contributed by atoms with Gasteiger partial charge >= 0.3 is 0 Å². The third-order valence-electron chi connectivity index (χ3n) is 5.52. The highest BCUT2D eigenvalue weighted by molar-refractivity contribution is 6.12. The second kappa shape index (κ2) is 7.66. The first-order valence-corrected chi connectivity index (χ1v) is 9.72. The molecule has 0 saturated carbocycles. The normalized spacial score (nSPS) is 19.4. The van der Waals surface area contributed by atoms with Crippen molar-refractivity contribution in [2.75, 3.05) is 18.0 Å². The lowest BCUT2D eigenvalue weighted by Crippen LogP contribution is -2.48. The van der Waals surface area contributed by atoms with E-state index in [1.807, 2.05) is 37.3 Å². The van der Waals surface area contributed by atoms with Gasteiger partial charge < -0.3 is 15.1 Å². The Morgan fingerprint density at radius 1 is 1.21 bits per heavy atom. The van der Waals surface area contributed by atoms with E-state index in [1.54, 1.807) is 0 Å². The molecule has 0 aliphatic carbocycles. The predicted molar refractivity (Wildman–Crippen MR) is 106 cm³/mol. The number of amides is 3. The average Bonchev–Trinajstić information content (AvgIpc) is 3.19. The van der Waals surface area contributed by atoms with Crippen LogP contribution in [0.3, 0.4) is 0 Å². The van der Waals surface area contributed by atoms with E-state index in [9.17, 15) is 18.8 Å². The van der Waals surface area contributed by atoms with E-state index < -0.39 is 11.9 Å². The average molecular weight is 395 g/mol. The number of hydrogen-bond donors (Lipinski definition) is 1. The van der Waals surface area contributed by atoms with E-state index in [0.717, 1.165) is 18.1 Å². The first kappa shape index (κ1) is 19.1. The van der Waals surface area contributed by atoms with Crippen molar-refractivity contribution in [3.8, 4) is 0 Å². The summed E-state index contributed by atoms with van der Waals surface area (Å²) < 4.78 is 14.0. The third-order valence-corrected chi connectivity index (χ3v) is 5.52. The highest BCUT2D eigenvalue weighted by atomic mass is 19.1. The van der Waals surface area contributed by atoms with Crippen LogP contribution < -0.4 is 10.2 Å². The standard InChI is InChI=1S/C22H22FN3O3/c1-14(15-6-3-2-4-7-15)24-20(27)13-26-19-12-16(23)9-10-17(19)21(28)25-11-5-8-18(25)22(26)29/h2-4,6-7,9-10,12,14,18H,5,8,11,13H2,1H3,(H,24,27). The summed E-state index contributed by atoms with van der Waals surface area (Å²) >= 11 is 0. The second-order valence-electron chi connectivity index (χ2n) is 7.44. The molecule has 2 heterocycles. The molecule has 150 valence electrons. The third kappa shape index (κ3) is 3.60. The molecule has 4 rings (SSSR count). The van der Waals surface area contributed by atoms with Crippen LogP contribution in [0.5, 0.6) is 0 Å². The van der Waals surface area contributed by atoms with Crippen molar-refractivity contribution in [1.29, 1.82) is 0 Å². The Bertz CT molecular complexity index is 963. The summed E-state index contributed by atoms with van der Waals surface area (Å²) in [6.45, 7) is 2.06. The van der Waals surface area contributed by atoms with Gasteiger partial charge in [0.15, 0.2) is 0 Å². The van der Waals surface area contributed by atoms with Gasteiger partial charge in [-0.2, -0.15) is 0 Å². The fourth-order valence-electron chi connectivity index (χ4n) is 4.05. The number of hydrogen-bond acceptors (Lipinski definition) is 3. The van der Waals surface area contributed by atoms with Crippen molar-refractivity contribution < 1.29 is 18.8 Å². The van der Waals surface area contributed by atoms with Crippen molar-refractivity contribution in [2.24, 2.45) is 0 Å². The van der Waals surface area contributed by atoms with Gasteiger partial charge in [-0.15, -0.1) is 0 Å². The molecule has 2 aromatic rings. The molecule has 0 radical (unpaired) electrons. The zero-order chi connectivity index (χ0) is 20.5. The predicted octanol–water partition coefficient (Wildman–Crippen LogP) is 2.65. The molecule has 2 aliphatic heterocycles. The van der Waals surface area contributed by atoms with Crippen molar-refractivity contribution in [3.05, 3.63) is 65.5 Å². The van der Waals surface area contributed by atoms with Crippen LogP contribution in [0.4, 0.5) is 10.1 Å². The summed E-state index contributed by atoms with van der Waals surface area (Å²) in [5, 5.41) is 2.88. The van der Waals surface area contributed by atoms with E-state index in [4.69, 9.17) is 0 Å². The Kier molecular flexibility index (Phi) is 5.05. The number of halogens is 1. The van der Waals surface area contributed by atoms with Crippen molar-refractivity contribution in [2.45, 2.75) is 31.8 Å². The number of nitrogens with one attached hydrogen (secondary N) is 1. The van der Waals surface area contributed by atoms with Gasteiger partial charge in [-0.3, -0.25) is 14.4 Å². The van der Waals surface area contributed by atoms with Crippen molar-refractivity contribution >= 4 is 23.4 Å². The van der Waals surface area contributed by atoms with Crippen LogP contribution in [0.25, 0.3) is 0 Å². The van der Waals surface area contributed by atoms with Crippen LogP contribution in [-0.4, -0.2) is 41.8 Å². The Morgan fingerprint density at radius 3 is 2.72 bits per heavy atom. The van der Waals surface area contributed by atoms with E-state index in [-0.39, 0.29) is 41.6 Å². The van der Waals surface area contributed by atoms with Gasteiger partial charge in [0, 0.05) is 6.54 Å². The Hall–Kier alpha value is -3.22. The second-order valence-corrected chi connectivity index (χ2v) is 7.44. The van der Waals surface area contributed by atoms with Crippen LogP contribution in [0.15, 0.2) is 48.5 Å². The zero-order valence-corrected chi connectivity index (χ0v) is 16.1. The minimum atomic E-state index is -0.614. The molecule has 1 saturated heterocycles. The van der Waals surface area contributed by atoms with Gasteiger partial charge in [-0.05, 0) is 43.5 Å². The minimum absolute atomic E-state index is 0.150. The van der Waals surface area contributed by atoms with Gasteiger partial charge in [0.05, 0.1) is 17.3 Å². The highest BCUT2D eigenvalue weighted by Gasteiger charge is 2.42.